The highest BCUT2D eigenvalue weighted by molar-refractivity contribution is 5.40. The molecule has 0 fully saturated rings. The van der Waals surface area contributed by atoms with Crippen molar-refractivity contribution in [3.05, 3.63) is 64.3 Å². The van der Waals surface area contributed by atoms with Crippen LogP contribution in [0.1, 0.15) is 12.5 Å². The highest BCUT2D eigenvalue weighted by atomic mass is 16.6. The van der Waals surface area contributed by atoms with Crippen molar-refractivity contribution in [2.24, 2.45) is 0 Å². The molecule has 0 saturated heterocycles. The monoisotopic (exact) mass is 300 g/mol. The second kappa shape index (κ2) is 7.51. The highest BCUT2D eigenvalue weighted by Crippen LogP contribution is 2.13. The smallest absolute Gasteiger partial charge is 0.287 e. The zero-order valence-corrected chi connectivity index (χ0v) is 12.8. The molecule has 0 amide bonds. The molecule has 0 aliphatic rings. The Morgan fingerprint density at radius 3 is 2.59 bits per heavy atom. The van der Waals surface area contributed by atoms with Crippen molar-refractivity contribution >= 4 is 11.5 Å². The number of nitro groups is 1. The van der Waals surface area contributed by atoms with E-state index in [1.165, 1.54) is 17.8 Å². The molecule has 1 unspecified atom stereocenters. The summed E-state index contributed by atoms with van der Waals surface area (Å²) in [6.45, 7) is 3.78. The highest BCUT2D eigenvalue weighted by Gasteiger charge is 2.09. The van der Waals surface area contributed by atoms with E-state index in [9.17, 15) is 10.1 Å². The minimum atomic E-state index is -0.451. The van der Waals surface area contributed by atoms with Gasteiger partial charge in [-0.1, -0.05) is 30.3 Å². The molecule has 6 heteroatoms. The Balaban J connectivity index is 1.84. The van der Waals surface area contributed by atoms with Crippen LogP contribution in [0.15, 0.2) is 48.7 Å². The van der Waals surface area contributed by atoms with Crippen LogP contribution in [0.25, 0.3) is 0 Å². The first-order chi connectivity index (χ1) is 10.5. The Hall–Kier alpha value is -2.47. The van der Waals surface area contributed by atoms with Gasteiger partial charge >= 0.3 is 0 Å². The molecule has 0 radical (unpaired) electrons. The van der Waals surface area contributed by atoms with Gasteiger partial charge in [-0.15, -0.1) is 0 Å². The molecular weight excluding hydrogens is 280 g/mol. The lowest BCUT2D eigenvalue weighted by atomic mass is 10.2. The fourth-order valence-corrected chi connectivity index (χ4v) is 2.30. The van der Waals surface area contributed by atoms with Crippen LogP contribution >= 0.6 is 0 Å². The van der Waals surface area contributed by atoms with E-state index >= 15 is 0 Å². The first-order valence-electron chi connectivity index (χ1n) is 7.14. The second-order valence-electron chi connectivity index (χ2n) is 5.39. The van der Waals surface area contributed by atoms with Gasteiger partial charge in [-0.25, -0.2) is 4.98 Å². The Kier molecular flexibility index (Phi) is 5.43. The number of rotatable bonds is 7. The SMILES string of the molecule is CC(CN(C)Cc1ccccc1)Nc1ccc([N+](=O)[O-])cn1. The number of anilines is 1. The summed E-state index contributed by atoms with van der Waals surface area (Å²) in [6.07, 6.45) is 1.27. The summed E-state index contributed by atoms with van der Waals surface area (Å²) >= 11 is 0. The molecule has 1 aromatic carbocycles. The van der Waals surface area contributed by atoms with E-state index in [1.807, 2.05) is 18.2 Å². The Bertz CT molecular complexity index is 601. The van der Waals surface area contributed by atoms with Gasteiger partial charge in [-0.3, -0.25) is 10.1 Å². The summed E-state index contributed by atoms with van der Waals surface area (Å²) in [5, 5.41) is 13.8. The zero-order chi connectivity index (χ0) is 15.9. The Morgan fingerprint density at radius 2 is 2.00 bits per heavy atom. The number of benzene rings is 1. The average Bonchev–Trinajstić information content (AvgIpc) is 2.48. The van der Waals surface area contributed by atoms with Crippen LogP contribution in [0.2, 0.25) is 0 Å². The number of nitrogens with zero attached hydrogens (tertiary/aromatic N) is 3. The first-order valence-corrected chi connectivity index (χ1v) is 7.14. The summed E-state index contributed by atoms with van der Waals surface area (Å²) in [5.41, 5.74) is 1.27. The minimum absolute atomic E-state index is 0.000557. The lowest BCUT2D eigenvalue weighted by molar-refractivity contribution is -0.385. The molecule has 22 heavy (non-hydrogen) atoms. The van der Waals surface area contributed by atoms with E-state index in [2.05, 4.69) is 41.3 Å². The molecule has 2 aromatic rings. The Labute approximate surface area is 129 Å². The van der Waals surface area contributed by atoms with Gasteiger partial charge in [-0.2, -0.15) is 0 Å². The van der Waals surface area contributed by atoms with Crippen LogP contribution < -0.4 is 5.32 Å². The van der Waals surface area contributed by atoms with E-state index in [0.29, 0.717) is 5.82 Å². The van der Waals surface area contributed by atoms with Gasteiger partial charge < -0.3 is 10.2 Å². The Morgan fingerprint density at radius 1 is 1.27 bits per heavy atom. The zero-order valence-electron chi connectivity index (χ0n) is 12.8. The van der Waals surface area contributed by atoms with Crippen LogP contribution in [0.5, 0.6) is 0 Å². The number of hydrogen-bond donors (Lipinski definition) is 1. The van der Waals surface area contributed by atoms with Crippen molar-refractivity contribution in [2.75, 3.05) is 18.9 Å². The van der Waals surface area contributed by atoms with Gasteiger partial charge in [0.25, 0.3) is 5.69 Å². The molecule has 0 aliphatic carbocycles. The van der Waals surface area contributed by atoms with Crippen molar-refractivity contribution in [1.82, 2.24) is 9.88 Å². The first kappa shape index (κ1) is 15.9. The molecule has 0 aliphatic heterocycles. The third kappa shape index (κ3) is 4.82. The van der Waals surface area contributed by atoms with E-state index < -0.39 is 4.92 Å². The molecule has 1 N–H and O–H groups in total. The van der Waals surface area contributed by atoms with Crippen molar-refractivity contribution in [1.29, 1.82) is 0 Å². The molecule has 0 spiro atoms. The maximum absolute atomic E-state index is 10.6. The van der Waals surface area contributed by atoms with E-state index in [0.717, 1.165) is 13.1 Å². The maximum atomic E-state index is 10.6. The van der Waals surface area contributed by atoms with Crippen molar-refractivity contribution in [3.63, 3.8) is 0 Å². The van der Waals surface area contributed by atoms with Gasteiger partial charge in [0, 0.05) is 25.2 Å². The molecule has 1 atom stereocenters. The van der Waals surface area contributed by atoms with Crippen LogP contribution in [-0.2, 0) is 6.54 Å². The number of likely N-dealkylation sites (N-methyl/N-ethyl adjacent to an activating group) is 1. The summed E-state index contributed by atoms with van der Waals surface area (Å²) in [7, 11) is 2.06. The summed E-state index contributed by atoms with van der Waals surface area (Å²) < 4.78 is 0. The molecular formula is C16H20N4O2. The van der Waals surface area contributed by atoms with Crippen molar-refractivity contribution < 1.29 is 4.92 Å². The molecule has 1 aromatic heterocycles. The lowest BCUT2D eigenvalue weighted by Gasteiger charge is -2.22. The van der Waals surface area contributed by atoms with E-state index in [-0.39, 0.29) is 11.7 Å². The summed E-state index contributed by atoms with van der Waals surface area (Å²) in [4.78, 5) is 16.4. The summed E-state index contributed by atoms with van der Waals surface area (Å²) in [5.74, 6) is 0.645. The largest absolute Gasteiger partial charge is 0.366 e. The topological polar surface area (TPSA) is 71.3 Å². The predicted octanol–water partition coefficient (Wildman–Crippen LogP) is 2.92. The number of nitrogens with one attached hydrogen (secondary N) is 1. The van der Waals surface area contributed by atoms with Gasteiger partial charge in [0.2, 0.25) is 0 Å². The fraction of sp³-hybridized carbons (Fsp3) is 0.312. The number of aromatic nitrogens is 1. The number of pyridine rings is 1. The lowest BCUT2D eigenvalue weighted by Crippen LogP contribution is -2.32. The van der Waals surface area contributed by atoms with Crippen LogP contribution in [0, 0.1) is 10.1 Å². The maximum Gasteiger partial charge on any atom is 0.287 e. The van der Waals surface area contributed by atoms with Gasteiger partial charge in [0.1, 0.15) is 12.0 Å². The minimum Gasteiger partial charge on any atom is -0.366 e. The van der Waals surface area contributed by atoms with Crippen molar-refractivity contribution in [2.45, 2.75) is 19.5 Å². The second-order valence-corrected chi connectivity index (χ2v) is 5.39. The van der Waals surface area contributed by atoms with E-state index in [4.69, 9.17) is 0 Å². The average molecular weight is 300 g/mol. The third-order valence-corrected chi connectivity index (χ3v) is 3.23. The summed E-state index contributed by atoms with van der Waals surface area (Å²) in [6, 6.07) is 13.5. The quantitative estimate of drug-likeness (QED) is 0.629. The van der Waals surface area contributed by atoms with Crippen LogP contribution in [-0.4, -0.2) is 34.4 Å². The number of hydrogen-bond acceptors (Lipinski definition) is 5. The van der Waals surface area contributed by atoms with Gasteiger partial charge in [0.15, 0.2) is 0 Å². The molecule has 0 bridgehead atoms. The molecule has 2 rings (SSSR count). The molecule has 0 saturated carbocycles. The standard InChI is InChI=1S/C16H20N4O2/c1-13(11-19(2)12-14-6-4-3-5-7-14)18-16-9-8-15(10-17-16)20(21)22/h3-10,13H,11-12H2,1-2H3,(H,17,18). The van der Waals surface area contributed by atoms with Crippen LogP contribution in [0.3, 0.4) is 0 Å². The predicted molar refractivity (Wildman–Crippen MR) is 86.8 cm³/mol. The molecule has 6 nitrogen and oxygen atoms in total. The molecule has 1 heterocycles. The third-order valence-electron chi connectivity index (χ3n) is 3.23. The fourth-order valence-electron chi connectivity index (χ4n) is 2.30. The van der Waals surface area contributed by atoms with Gasteiger partial charge in [0.05, 0.1) is 4.92 Å². The van der Waals surface area contributed by atoms with E-state index in [1.54, 1.807) is 6.07 Å². The van der Waals surface area contributed by atoms with Crippen molar-refractivity contribution in [3.8, 4) is 0 Å². The normalized spacial score (nSPS) is 12.1. The van der Waals surface area contributed by atoms with Crippen LogP contribution in [0.4, 0.5) is 11.5 Å². The molecule has 116 valence electrons. The van der Waals surface area contributed by atoms with Gasteiger partial charge in [-0.05, 0) is 25.6 Å².